The molecular formula is C15H17FN2OS. The Balaban J connectivity index is 2.16. The first-order valence-corrected chi connectivity index (χ1v) is 7.39. The van der Waals surface area contributed by atoms with Crippen LogP contribution in [-0.2, 0) is 0 Å². The summed E-state index contributed by atoms with van der Waals surface area (Å²) >= 11 is 1.61. The fourth-order valence-electron chi connectivity index (χ4n) is 2.04. The molecule has 0 spiro atoms. The number of anilines is 1. The van der Waals surface area contributed by atoms with E-state index in [1.54, 1.807) is 11.3 Å². The molecule has 3 N–H and O–H groups in total. The number of nitrogen functional groups attached to an aromatic ring is 1. The van der Waals surface area contributed by atoms with E-state index in [2.05, 4.69) is 12.2 Å². The summed E-state index contributed by atoms with van der Waals surface area (Å²) in [5, 5.41) is 4.95. The lowest BCUT2D eigenvalue weighted by Crippen LogP contribution is -2.28. The third kappa shape index (κ3) is 3.36. The van der Waals surface area contributed by atoms with Gasteiger partial charge in [-0.15, -0.1) is 11.3 Å². The third-order valence-corrected chi connectivity index (χ3v) is 4.01. The molecule has 1 heterocycles. The van der Waals surface area contributed by atoms with Crippen LogP contribution >= 0.6 is 11.3 Å². The Kier molecular flexibility index (Phi) is 4.74. The van der Waals surface area contributed by atoms with Gasteiger partial charge in [0.1, 0.15) is 5.82 Å². The number of rotatable bonds is 5. The SMILES string of the molecule is CCCC(NC(=O)c1ccc(F)cc1N)c1cccs1. The van der Waals surface area contributed by atoms with Crippen LogP contribution in [0.25, 0.3) is 0 Å². The first kappa shape index (κ1) is 14.5. The molecule has 0 saturated carbocycles. The molecule has 0 aliphatic carbocycles. The molecule has 0 bridgehead atoms. The second-order valence-corrected chi connectivity index (χ2v) is 5.54. The van der Waals surface area contributed by atoms with E-state index in [0.29, 0.717) is 5.56 Å². The smallest absolute Gasteiger partial charge is 0.253 e. The predicted molar refractivity (Wildman–Crippen MR) is 80.2 cm³/mol. The van der Waals surface area contributed by atoms with Crippen LogP contribution in [0, 0.1) is 5.82 Å². The van der Waals surface area contributed by atoms with Crippen LogP contribution in [0.3, 0.4) is 0 Å². The van der Waals surface area contributed by atoms with E-state index in [-0.39, 0.29) is 17.6 Å². The van der Waals surface area contributed by atoms with Crippen LogP contribution in [0.4, 0.5) is 10.1 Å². The summed E-state index contributed by atoms with van der Waals surface area (Å²) in [6.45, 7) is 2.07. The maximum absolute atomic E-state index is 13.0. The van der Waals surface area contributed by atoms with Gasteiger partial charge in [-0.05, 0) is 36.1 Å². The van der Waals surface area contributed by atoms with Gasteiger partial charge in [-0.2, -0.15) is 0 Å². The number of carbonyl (C=O) groups excluding carboxylic acids is 1. The summed E-state index contributed by atoms with van der Waals surface area (Å²) in [5.41, 5.74) is 6.16. The number of thiophene rings is 1. The lowest BCUT2D eigenvalue weighted by molar-refractivity contribution is 0.0936. The minimum absolute atomic E-state index is 0.0306. The van der Waals surface area contributed by atoms with E-state index in [1.807, 2.05) is 17.5 Å². The number of amides is 1. The van der Waals surface area contributed by atoms with Crippen molar-refractivity contribution in [1.29, 1.82) is 0 Å². The highest BCUT2D eigenvalue weighted by atomic mass is 32.1. The van der Waals surface area contributed by atoms with E-state index in [0.717, 1.165) is 23.8 Å². The minimum atomic E-state index is -0.442. The van der Waals surface area contributed by atoms with E-state index in [9.17, 15) is 9.18 Å². The largest absolute Gasteiger partial charge is 0.398 e. The highest BCUT2D eigenvalue weighted by Gasteiger charge is 2.17. The van der Waals surface area contributed by atoms with Crippen molar-refractivity contribution in [1.82, 2.24) is 5.32 Å². The van der Waals surface area contributed by atoms with Crippen molar-refractivity contribution in [2.24, 2.45) is 0 Å². The number of carbonyl (C=O) groups is 1. The fourth-order valence-corrected chi connectivity index (χ4v) is 2.85. The topological polar surface area (TPSA) is 55.1 Å². The van der Waals surface area contributed by atoms with Gasteiger partial charge in [0.15, 0.2) is 0 Å². The number of hydrogen-bond donors (Lipinski definition) is 2. The zero-order valence-corrected chi connectivity index (χ0v) is 12.0. The average Bonchev–Trinajstić information content (AvgIpc) is 2.91. The number of nitrogens with two attached hydrogens (primary N) is 1. The highest BCUT2D eigenvalue weighted by Crippen LogP contribution is 2.24. The lowest BCUT2D eigenvalue weighted by atomic mass is 10.1. The van der Waals surface area contributed by atoms with Gasteiger partial charge in [0.25, 0.3) is 5.91 Å². The van der Waals surface area contributed by atoms with Crippen LogP contribution in [0.5, 0.6) is 0 Å². The molecular weight excluding hydrogens is 275 g/mol. The molecule has 1 aromatic heterocycles. The zero-order chi connectivity index (χ0) is 14.5. The van der Waals surface area contributed by atoms with E-state index in [4.69, 9.17) is 5.73 Å². The summed E-state index contributed by atoms with van der Waals surface area (Å²) < 4.78 is 13.0. The molecule has 0 aliphatic heterocycles. The monoisotopic (exact) mass is 292 g/mol. The van der Waals surface area contributed by atoms with E-state index >= 15 is 0 Å². The molecule has 3 nitrogen and oxygen atoms in total. The van der Waals surface area contributed by atoms with E-state index in [1.165, 1.54) is 12.1 Å². The molecule has 0 saturated heterocycles. The third-order valence-electron chi connectivity index (χ3n) is 3.03. The van der Waals surface area contributed by atoms with Crippen LogP contribution in [0.15, 0.2) is 35.7 Å². The molecule has 2 aromatic rings. The number of benzene rings is 1. The number of hydrogen-bond acceptors (Lipinski definition) is 3. The molecule has 0 aliphatic rings. The molecule has 1 atom stereocenters. The second kappa shape index (κ2) is 6.52. The molecule has 106 valence electrons. The van der Waals surface area contributed by atoms with Gasteiger partial charge in [-0.1, -0.05) is 19.4 Å². The second-order valence-electron chi connectivity index (χ2n) is 4.56. The van der Waals surface area contributed by atoms with Crippen molar-refractivity contribution in [2.75, 3.05) is 5.73 Å². The quantitative estimate of drug-likeness (QED) is 0.825. The van der Waals surface area contributed by atoms with Gasteiger partial charge in [0.05, 0.1) is 11.6 Å². The first-order chi connectivity index (χ1) is 9.61. The molecule has 0 radical (unpaired) electrons. The van der Waals surface area contributed by atoms with Crippen molar-refractivity contribution in [3.63, 3.8) is 0 Å². The molecule has 2 rings (SSSR count). The van der Waals surface area contributed by atoms with Gasteiger partial charge >= 0.3 is 0 Å². The Morgan fingerprint density at radius 2 is 2.25 bits per heavy atom. The highest BCUT2D eigenvalue weighted by molar-refractivity contribution is 7.10. The Morgan fingerprint density at radius 1 is 1.45 bits per heavy atom. The van der Waals surface area contributed by atoms with Crippen LogP contribution in [0.2, 0.25) is 0 Å². The summed E-state index contributed by atoms with van der Waals surface area (Å²) in [5.74, 6) is -0.711. The summed E-state index contributed by atoms with van der Waals surface area (Å²) in [6, 6.07) is 7.75. The molecule has 1 amide bonds. The Hall–Kier alpha value is -1.88. The number of halogens is 1. The summed E-state index contributed by atoms with van der Waals surface area (Å²) in [4.78, 5) is 13.4. The van der Waals surface area contributed by atoms with Crippen molar-refractivity contribution in [3.05, 3.63) is 52.0 Å². The van der Waals surface area contributed by atoms with E-state index < -0.39 is 5.82 Å². The Morgan fingerprint density at radius 3 is 2.85 bits per heavy atom. The maximum atomic E-state index is 13.0. The normalized spacial score (nSPS) is 12.1. The maximum Gasteiger partial charge on any atom is 0.253 e. The van der Waals surface area contributed by atoms with Crippen molar-refractivity contribution < 1.29 is 9.18 Å². The molecule has 20 heavy (non-hydrogen) atoms. The predicted octanol–water partition coefficient (Wildman–Crippen LogP) is 3.74. The first-order valence-electron chi connectivity index (χ1n) is 6.51. The fraction of sp³-hybridized carbons (Fsp3) is 0.267. The molecule has 0 fully saturated rings. The standard InChI is InChI=1S/C15H17FN2OS/c1-2-4-13(14-5-3-8-20-14)18-15(19)11-7-6-10(16)9-12(11)17/h3,5-9,13H,2,4,17H2,1H3,(H,18,19). The van der Waals surface area contributed by atoms with Gasteiger partial charge < -0.3 is 11.1 Å². The minimum Gasteiger partial charge on any atom is -0.398 e. The summed E-state index contributed by atoms with van der Waals surface area (Å²) in [6.07, 6.45) is 1.81. The molecule has 1 unspecified atom stereocenters. The Labute approximate surface area is 121 Å². The number of nitrogens with one attached hydrogen (secondary N) is 1. The van der Waals surface area contributed by atoms with Crippen molar-refractivity contribution in [3.8, 4) is 0 Å². The summed E-state index contributed by atoms with van der Waals surface area (Å²) in [7, 11) is 0. The van der Waals surface area contributed by atoms with Crippen molar-refractivity contribution in [2.45, 2.75) is 25.8 Å². The lowest BCUT2D eigenvalue weighted by Gasteiger charge is -2.17. The Bertz CT molecular complexity index is 584. The van der Waals surface area contributed by atoms with Crippen LogP contribution in [-0.4, -0.2) is 5.91 Å². The zero-order valence-electron chi connectivity index (χ0n) is 11.2. The van der Waals surface area contributed by atoms with Gasteiger partial charge in [0.2, 0.25) is 0 Å². The van der Waals surface area contributed by atoms with Crippen LogP contribution < -0.4 is 11.1 Å². The van der Waals surface area contributed by atoms with Crippen LogP contribution in [0.1, 0.15) is 41.0 Å². The average molecular weight is 292 g/mol. The van der Waals surface area contributed by atoms with Gasteiger partial charge in [-0.3, -0.25) is 4.79 Å². The van der Waals surface area contributed by atoms with Gasteiger partial charge in [-0.25, -0.2) is 4.39 Å². The van der Waals surface area contributed by atoms with Gasteiger partial charge in [0, 0.05) is 10.6 Å². The van der Waals surface area contributed by atoms with Crippen molar-refractivity contribution >= 4 is 22.9 Å². The molecule has 1 aromatic carbocycles. The molecule has 5 heteroatoms.